The lowest BCUT2D eigenvalue weighted by atomic mass is 10.00. The summed E-state index contributed by atoms with van der Waals surface area (Å²) in [4.78, 5) is 14.2. The van der Waals surface area contributed by atoms with Crippen molar-refractivity contribution in [2.24, 2.45) is 4.99 Å². The van der Waals surface area contributed by atoms with Gasteiger partial charge in [0.25, 0.3) is 0 Å². The predicted molar refractivity (Wildman–Crippen MR) is 77.1 cm³/mol. The quantitative estimate of drug-likeness (QED) is 0.494. The Balaban J connectivity index is 2.61. The van der Waals surface area contributed by atoms with Crippen LogP contribution in [0.25, 0.3) is 11.1 Å². The zero-order valence-electron chi connectivity index (χ0n) is 10.00. The predicted octanol–water partition coefficient (Wildman–Crippen LogP) is 4.31. The standard InChI is InChI=1S/C15H13NOS/c1-11(18)13-7-8-15(16-10-17)14(9-13)12-5-3-2-4-6-12/h2-9,11,18H,1H3. The third-order valence-electron chi connectivity index (χ3n) is 2.75. The Morgan fingerprint density at radius 3 is 2.50 bits per heavy atom. The number of benzene rings is 2. The van der Waals surface area contributed by atoms with E-state index in [1.807, 2.05) is 55.5 Å². The zero-order valence-corrected chi connectivity index (χ0v) is 10.9. The first kappa shape index (κ1) is 12.6. The van der Waals surface area contributed by atoms with Crippen LogP contribution in [0.3, 0.4) is 0 Å². The van der Waals surface area contributed by atoms with Crippen molar-refractivity contribution in [3.63, 3.8) is 0 Å². The van der Waals surface area contributed by atoms with Gasteiger partial charge in [-0.15, -0.1) is 0 Å². The molecule has 1 unspecified atom stereocenters. The summed E-state index contributed by atoms with van der Waals surface area (Å²) in [5.41, 5.74) is 3.69. The first-order valence-electron chi connectivity index (χ1n) is 5.67. The monoisotopic (exact) mass is 255 g/mol. The van der Waals surface area contributed by atoms with Crippen molar-refractivity contribution >= 4 is 24.4 Å². The maximum Gasteiger partial charge on any atom is 0.240 e. The Bertz CT molecular complexity index is 587. The van der Waals surface area contributed by atoms with E-state index in [1.165, 1.54) is 0 Å². The molecule has 2 nitrogen and oxygen atoms in total. The minimum Gasteiger partial charge on any atom is -0.211 e. The fourth-order valence-corrected chi connectivity index (χ4v) is 1.97. The van der Waals surface area contributed by atoms with Crippen LogP contribution in [-0.4, -0.2) is 6.08 Å². The Labute approximate surface area is 112 Å². The first-order valence-corrected chi connectivity index (χ1v) is 6.19. The molecule has 0 saturated heterocycles. The molecule has 0 bridgehead atoms. The van der Waals surface area contributed by atoms with Gasteiger partial charge in [-0.3, -0.25) is 0 Å². The van der Waals surface area contributed by atoms with Gasteiger partial charge in [-0.2, -0.15) is 17.6 Å². The van der Waals surface area contributed by atoms with Gasteiger partial charge in [0.05, 0.1) is 5.69 Å². The lowest BCUT2D eigenvalue weighted by Gasteiger charge is -2.10. The summed E-state index contributed by atoms with van der Waals surface area (Å²) in [5.74, 6) is 0. The van der Waals surface area contributed by atoms with E-state index in [2.05, 4.69) is 17.6 Å². The molecule has 2 aromatic carbocycles. The van der Waals surface area contributed by atoms with Crippen LogP contribution in [-0.2, 0) is 4.79 Å². The lowest BCUT2D eigenvalue weighted by molar-refractivity contribution is 0.565. The fraction of sp³-hybridized carbons (Fsp3) is 0.133. The van der Waals surface area contributed by atoms with Crippen molar-refractivity contribution in [3.05, 3.63) is 54.1 Å². The number of carbonyl (C=O) groups excluding carboxylic acids is 1. The first-order chi connectivity index (χ1) is 8.72. The zero-order chi connectivity index (χ0) is 13.0. The highest BCUT2D eigenvalue weighted by molar-refractivity contribution is 7.80. The Morgan fingerprint density at radius 2 is 1.89 bits per heavy atom. The van der Waals surface area contributed by atoms with Gasteiger partial charge in [-0.05, 0) is 30.2 Å². The largest absolute Gasteiger partial charge is 0.240 e. The van der Waals surface area contributed by atoms with Crippen LogP contribution >= 0.6 is 12.6 Å². The Hall–Kier alpha value is -1.83. The van der Waals surface area contributed by atoms with Crippen molar-refractivity contribution in [1.29, 1.82) is 0 Å². The van der Waals surface area contributed by atoms with Crippen LogP contribution in [0.2, 0.25) is 0 Å². The minimum absolute atomic E-state index is 0.140. The number of aliphatic imine (C=N–C) groups is 1. The van der Waals surface area contributed by atoms with E-state index in [0.29, 0.717) is 5.69 Å². The summed E-state index contributed by atoms with van der Waals surface area (Å²) >= 11 is 4.43. The van der Waals surface area contributed by atoms with Crippen molar-refractivity contribution in [2.75, 3.05) is 0 Å². The van der Waals surface area contributed by atoms with E-state index in [9.17, 15) is 4.79 Å². The SMILES string of the molecule is CC(S)c1ccc(N=C=O)c(-c2ccccc2)c1. The number of nitrogens with zero attached hydrogens (tertiary/aromatic N) is 1. The molecule has 1 atom stereocenters. The van der Waals surface area contributed by atoms with E-state index in [1.54, 1.807) is 6.08 Å². The molecule has 90 valence electrons. The molecule has 0 aliphatic rings. The van der Waals surface area contributed by atoms with Gasteiger partial charge in [0.15, 0.2) is 0 Å². The number of thiol groups is 1. The highest BCUT2D eigenvalue weighted by atomic mass is 32.1. The van der Waals surface area contributed by atoms with Gasteiger partial charge in [0, 0.05) is 10.8 Å². The average molecular weight is 255 g/mol. The number of isocyanates is 1. The molecule has 0 spiro atoms. The highest BCUT2D eigenvalue weighted by Gasteiger charge is 2.08. The maximum atomic E-state index is 10.5. The molecule has 2 aromatic rings. The normalized spacial score (nSPS) is 11.7. The average Bonchev–Trinajstić information content (AvgIpc) is 2.40. The van der Waals surface area contributed by atoms with E-state index in [0.717, 1.165) is 16.7 Å². The molecule has 18 heavy (non-hydrogen) atoms. The fourth-order valence-electron chi connectivity index (χ4n) is 1.81. The van der Waals surface area contributed by atoms with Crippen molar-refractivity contribution in [2.45, 2.75) is 12.2 Å². The van der Waals surface area contributed by atoms with Gasteiger partial charge in [0.2, 0.25) is 6.08 Å². The second-order valence-corrected chi connectivity index (χ2v) is 4.80. The summed E-state index contributed by atoms with van der Waals surface area (Å²) in [7, 11) is 0. The molecular formula is C15H13NOS. The van der Waals surface area contributed by atoms with Crippen LogP contribution in [0.1, 0.15) is 17.7 Å². The Kier molecular flexibility index (Phi) is 3.98. The van der Waals surface area contributed by atoms with Gasteiger partial charge < -0.3 is 0 Å². The number of rotatable bonds is 3. The van der Waals surface area contributed by atoms with E-state index >= 15 is 0 Å². The van der Waals surface area contributed by atoms with Crippen LogP contribution in [0.15, 0.2) is 53.5 Å². The van der Waals surface area contributed by atoms with Crippen LogP contribution in [0.5, 0.6) is 0 Å². The molecule has 0 aliphatic heterocycles. The maximum absolute atomic E-state index is 10.5. The summed E-state index contributed by atoms with van der Waals surface area (Å²) in [5, 5.41) is 0.140. The van der Waals surface area contributed by atoms with Crippen LogP contribution in [0.4, 0.5) is 5.69 Å². The molecule has 0 radical (unpaired) electrons. The second kappa shape index (κ2) is 5.67. The molecule has 0 aromatic heterocycles. The van der Waals surface area contributed by atoms with Crippen molar-refractivity contribution in [3.8, 4) is 11.1 Å². The number of hydrogen-bond donors (Lipinski definition) is 1. The van der Waals surface area contributed by atoms with Gasteiger partial charge in [-0.1, -0.05) is 36.4 Å². The van der Waals surface area contributed by atoms with Crippen molar-refractivity contribution < 1.29 is 4.79 Å². The van der Waals surface area contributed by atoms with Crippen LogP contribution in [0, 0.1) is 0 Å². The number of hydrogen-bond acceptors (Lipinski definition) is 3. The molecule has 2 rings (SSSR count). The molecule has 0 saturated carbocycles. The third kappa shape index (κ3) is 2.70. The van der Waals surface area contributed by atoms with Crippen LogP contribution < -0.4 is 0 Å². The Morgan fingerprint density at radius 1 is 1.17 bits per heavy atom. The van der Waals surface area contributed by atoms with Gasteiger partial charge in [-0.25, -0.2) is 4.79 Å². The molecule has 0 amide bonds. The third-order valence-corrected chi connectivity index (χ3v) is 3.05. The summed E-state index contributed by atoms with van der Waals surface area (Å²) in [6.45, 7) is 2.01. The molecule has 3 heteroatoms. The summed E-state index contributed by atoms with van der Waals surface area (Å²) in [6, 6.07) is 15.6. The minimum atomic E-state index is 0.140. The smallest absolute Gasteiger partial charge is 0.211 e. The topological polar surface area (TPSA) is 29.4 Å². The summed E-state index contributed by atoms with van der Waals surface area (Å²) in [6.07, 6.45) is 1.60. The van der Waals surface area contributed by atoms with E-state index in [4.69, 9.17) is 0 Å². The second-order valence-electron chi connectivity index (χ2n) is 4.02. The van der Waals surface area contributed by atoms with Gasteiger partial charge in [0.1, 0.15) is 0 Å². The van der Waals surface area contributed by atoms with E-state index < -0.39 is 0 Å². The lowest BCUT2D eigenvalue weighted by Crippen LogP contribution is -1.87. The van der Waals surface area contributed by atoms with Crippen molar-refractivity contribution in [1.82, 2.24) is 0 Å². The molecular weight excluding hydrogens is 242 g/mol. The molecule has 0 fully saturated rings. The van der Waals surface area contributed by atoms with Gasteiger partial charge >= 0.3 is 0 Å². The molecule has 0 N–H and O–H groups in total. The molecule has 0 aliphatic carbocycles. The highest BCUT2D eigenvalue weighted by Crippen LogP contribution is 2.33. The molecule has 0 heterocycles. The summed E-state index contributed by atoms with van der Waals surface area (Å²) < 4.78 is 0. The van der Waals surface area contributed by atoms with E-state index in [-0.39, 0.29) is 5.25 Å².